The zero-order chi connectivity index (χ0) is 9.02. The van der Waals surface area contributed by atoms with E-state index >= 15 is 0 Å². The normalized spacial score (nSPS) is 16.0. The fourth-order valence-corrected chi connectivity index (χ4v) is 0.543. The van der Waals surface area contributed by atoms with E-state index in [4.69, 9.17) is 0 Å². The molecule has 0 amide bonds. The van der Waals surface area contributed by atoms with Crippen LogP contribution >= 0.6 is 0 Å². The fraction of sp³-hybridized carbons (Fsp3) is 0.333. The Morgan fingerprint density at radius 2 is 1.27 bits per heavy atom. The van der Waals surface area contributed by atoms with Gasteiger partial charge in [-0.05, 0) is 13.8 Å². The van der Waals surface area contributed by atoms with E-state index in [2.05, 4.69) is 16.4 Å². The standard InChI is InChI=1S/C6H6O3.H4N2/c1-3-4(2)6(8)9-5(3)7;1-2/h1-2H3;1-2H2. The summed E-state index contributed by atoms with van der Waals surface area (Å²) in [6.07, 6.45) is 0. The van der Waals surface area contributed by atoms with Gasteiger partial charge in [0, 0.05) is 11.1 Å². The molecule has 62 valence electrons. The van der Waals surface area contributed by atoms with Gasteiger partial charge >= 0.3 is 11.9 Å². The van der Waals surface area contributed by atoms with Crippen molar-refractivity contribution in [2.45, 2.75) is 13.8 Å². The minimum atomic E-state index is -0.516. The Bertz CT molecular complexity index is 198. The fourth-order valence-electron chi connectivity index (χ4n) is 0.543. The predicted octanol–water partition coefficient (Wildman–Crippen LogP) is -0.775. The number of rotatable bonds is 0. The number of nitrogens with two attached hydrogens (primary N) is 2. The second-order valence-electron chi connectivity index (χ2n) is 1.93. The van der Waals surface area contributed by atoms with Crippen LogP contribution in [0.3, 0.4) is 0 Å². The highest BCUT2D eigenvalue weighted by atomic mass is 16.6. The number of carbonyl (C=O) groups is 2. The van der Waals surface area contributed by atoms with E-state index in [1.165, 1.54) is 0 Å². The van der Waals surface area contributed by atoms with Crippen molar-refractivity contribution in [3.63, 3.8) is 0 Å². The Labute approximate surface area is 64.0 Å². The van der Waals surface area contributed by atoms with Gasteiger partial charge < -0.3 is 4.74 Å². The van der Waals surface area contributed by atoms with Crippen molar-refractivity contribution in [1.29, 1.82) is 0 Å². The Morgan fingerprint density at radius 3 is 1.36 bits per heavy atom. The smallest absolute Gasteiger partial charge is 0.342 e. The molecule has 0 saturated heterocycles. The topological polar surface area (TPSA) is 95.4 Å². The lowest BCUT2D eigenvalue weighted by Gasteiger charge is -1.84. The minimum absolute atomic E-state index is 0.417. The number of carbonyl (C=O) groups excluding carboxylic acids is 2. The third-order valence-electron chi connectivity index (χ3n) is 1.36. The molecule has 1 aliphatic rings. The largest absolute Gasteiger partial charge is 0.386 e. The summed E-state index contributed by atoms with van der Waals surface area (Å²) in [4.78, 5) is 21.0. The summed E-state index contributed by atoms with van der Waals surface area (Å²) >= 11 is 0. The molecule has 0 aromatic rings. The van der Waals surface area contributed by atoms with Crippen molar-refractivity contribution in [1.82, 2.24) is 0 Å². The number of hydrazine groups is 1. The molecule has 0 spiro atoms. The van der Waals surface area contributed by atoms with Gasteiger partial charge in [-0.3, -0.25) is 11.7 Å². The minimum Gasteiger partial charge on any atom is -0.386 e. The van der Waals surface area contributed by atoms with Gasteiger partial charge in [-0.25, -0.2) is 9.59 Å². The summed E-state index contributed by atoms with van der Waals surface area (Å²) in [5, 5.41) is 0. The lowest BCUT2D eigenvalue weighted by molar-refractivity contribution is -0.151. The molecule has 0 aromatic heterocycles. The molecule has 0 saturated carbocycles. The monoisotopic (exact) mass is 158 g/mol. The lowest BCUT2D eigenvalue weighted by Crippen LogP contribution is -2.02. The van der Waals surface area contributed by atoms with E-state index in [1.807, 2.05) is 0 Å². The van der Waals surface area contributed by atoms with Crippen LogP contribution in [0.25, 0.3) is 0 Å². The Balaban J connectivity index is 0.000000461. The third-order valence-corrected chi connectivity index (χ3v) is 1.36. The molecule has 0 aromatic carbocycles. The number of ether oxygens (including phenoxy) is 1. The molecule has 0 atom stereocenters. The van der Waals surface area contributed by atoms with Crippen LogP contribution in [0, 0.1) is 0 Å². The molecular weight excluding hydrogens is 148 g/mol. The summed E-state index contributed by atoms with van der Waals surface area (Å²) in [6, 6.07) is 0. The molecule has 0 bridgehead atoms. The first-order chi connectivity index (χ1) is 5.13. The van der Waals surface area contributed by atoms with Crippen molar-refractivity contribution in [3.05, 3.63) is 11.1 Å². The van der Waals surface area contributed by atoms with Crippen LogP contribution in [0.1, 0.15) is 13.8 Å². The van der Waals surface area contributed by atoms with E-state index in [0.29, 0.717) is 11.1 Å². The van der Waals surface area contributed by atoms with E-state index in [0.717, 1.165) is 0 Å². The number of esters is 2. The molecule has 11 heavy (non-hydrogen) atoms. The average molecular weight is 158 g/mol. The predicted molar refractivity (Wildman–Crippen MR) is 37.8 cm³/mol. The van der Waals surface area contributed by atoms with E-state index < -0.39 is 11.9 Å². The molecule has 5 nitrogen and oxygen atoms in total. The maximum Gasteiger partial charge on any atom is 0.342 e. The molecule has 0 fully saturated rings. The van der Waals surface area contributed by atoms with Crippen molar-refractivity contribution >= 4 is 11.9 Å². The van der Waals surface area contributed by atoms with Crippen LogP contribution in [0.15, 0.2) is 11.1 Å². The summed E-state index contributed by atoms with van der Waals surface area (Å²) in [5.74, 6) is 6.97. The van der Waals surface area contributed by atoms with Crippen LogP contribution in [0.5, 0.6) is 0 Å². The van der Waals surface area contributed by atoms with Gasteiger partial charge in [0.25, 0.3) is 0 Å². The molecule has 4 N–H and O–H groups in total. The molecule has 1 heterocycles. The van der Waals surface area contributed by atoms with Gasteiger partial charge in [0.1, 0.15) is 0 Å². The number of hydrogen-bond acceptors (Lipinski definition) is 5. The van der Waals surface area contributed by atoms with Crippen LogP contribution in [0.2, 0.25) is 0 Å². The molecular formula is C6H10N2O3. The molecule has 1 aliphatic heterocycles. The van der Waals surface area contributed by atoms with Crippen LogP contribution in [-0.2, 0) is 14.3 Å². The highest BCUT2D eigenvalue weighted by Gasteiger charge is 2.25. The zero-order valence-electron chi connectivity index (χ0n) is 6.38. The van der Waals surface area contributed by atoms with E-state index in [1.54, 1.807) is 13.8 Å². The maximum atomic E-state index is 10.5. The molecule has 1 rings (SSSR count). The van der Waals surface area contributed by atoms with Gasteiger partial charge in [0.15, 0.2) is 0 Å². The van der Waals surface area contributed by atoms with Crippen molar-refractivity contribution in [2.24, 2.45) is 11.7 Å². The first kappa shape index (κ1) is 9.80. The van der Waals surface area contributed by atoms with Crippen LogP contribution in [0.4, 0.5) is 0 Å². The quantitative estimate of drug-likeness (QED) is 0.209. The van der Waals surface area contributed by atoms with Gasteiger partial charge in [0.05, 0.1) is 0 Å². The van der Waals surface area contributed by atoms with Crippen LogP contribution < -0.4 is 11.7 Å². The van der Waals surface area contributed by atoms with Gasteiger partial charge in [-0.2, -0.15) is 0 Å². The number of cyclic esters (lactones) is 2. The molecule has 0 unspecified atom stereocenters. The molecule has 5 heteroatoms. The summed E-state index contributed by atoms with van der Waals surface area (Å²) < 4.78 is 4.23. The highest BCUT2D eigenvalue weighted by molar-refractivity contribution is 6.11. The SMILES string of the molecule is CC1=C(C)C(=O)OC1=O.NN. The second kappa shape index (κ2) is 3.85. The third kappa shape index (κ3) is 1.86. The Kier molecular flexibility index (Phi) is 3.43. The summed E-state index contributed by atoms with van der Waals surface area (Å²) in [7, 11) is 0. The Hall–Kier alpha value is -1.20. The first-order valence-corrected chi connectivity index (χ1v) is 2.90. The van der Waals surface area contributed by atoms with Gasteiger partial charge in [-0.15, -0.1) is 0 Å². The van der Waals surface area contributed by atoms with Crippen molar-refractivity contribution < 1.29 is 14.3 Å². The van der Waals surface area contributed by atoms with Gasteiger partial charge in [0.2, 0.25) is 0 Å². The summed E-state index contributed by atoms with van der Waals surface area (Å²) in [6.45, 7) is 3.14. The highest BCUT2D eigenvalue weighted by Crippen LogP contribution is 2.14. The van der Waals surface area contributed by atoms with E-state index in [-0.39, 0.29) is 0 Å². The zero-order valence-corrected chi connectivity index (χ0v) is 6.38. The van der Waals surface area contributed by atoms with E-state index in [9.17, 15) is 9.59 Å². The Morgan fingerprint density at radius 1 is 1.00 bits per heavy atom. The van der Waals surface area contributed by atoms with Crippen molar-refractivity contribution in [3.8, 4) is 0 Å². The maximum absolute atomic E-state index is 10.5. The number of hydrogen-bond donors (Lipinski definition) is 2. The average Bonchev–Trinajstić information content (AvgIpc) is 2.22. The summed E-state index contributed by atoms with van der Waals surface area (Å²) in [5.41, 5.74) is 0.833. The first-order valence-electron chi connectivity index (χ1n) is 2.90. The molecule has 0 radical (unpaired) electrons. The second-order valence-corrected chi connectivity index (χ2v) is 1.93. The molecule has 0 aliphatic carbocycles. The van der Waals surface area contributed by atoms with Crippen molar-refractivity contribution in [2.75, 3.05) is 0 Å². The van der Waals surface area contributed by atoms with Gasteiger partial charge in [-0.1, -0.05) is 0 Å². The van der Waals surface area contributed by atoms with Crippen LogP contribution in [-0.4, -0.2) is 11.9 Å². The lowest BCUT2D eigenvalue weighted by atomic mass is 10.2.